The number of rotatable bonds is 5. The Bertz CT molecular complexity index is 573. The standard InChI is InChI=1S/C15H19N3O2/c1-11(2)18-14(8-9-16-18)17-15(19)10-20-13-6-4-12(3)5-7-13/h4-9,11H,10H2,1-3H3,(H,17,19). The molecule has 0 fully saturated rings. The molecule has 1 aromatic carbocycles. The van der Waals surface area contributed by atoms with Gasteiger partial charge in [-0.1, -0.05) is 17.7 Å². The smallest absolute Gasteiger partial charge is 0.263 e. The van der Waals surface area contributed by atoms with Gasteiger partial charge in [-0.2, -0.15) is 5.10 Å². The zero-order valence-electron chi connectivity index (χ0n) is 12.0. The van der Waals surface area contributed by atoms with E-state index >= 15 is 0 Å². The van der Waals surface area contributed by atoms with Crippen molar-refractivity contribution < 1.29 is 9.53 Å². The minimum atomic E-state index is -0.201. The number of carbonyl (C=O) groups is 1. The molecule has 20 heavy (non-hydrogen) atoms. The van der Waals surface area contributed by atoms with Crippen molar-refractivity contribution in [2.45, 2.75) is 26.8 Å². The molecule has 0 bridgehead atoms. The second-order valence-corrected chi connectivity index (χ2v) is 4.90. The maximum atomic E-state index is 11.8. The molecule has 0 saturated heterocycles. The molecule has 0 unspecified atom stereocenters. The summed E-state index contributed by atoms with van der Waals surface area (Å²) in [6, 6.07) is 9.55. The number of hydrogen-bond donors (Lipinski definition) is 1. The third-order valence-electron chi connectivity index (χ3n) is 2.82. The number of anilines is 1. The molecule has 5 heteroatoms. The van der Waals surface area contributed by atoms with Gasteiger partial charge >= 0.3 is 0 Å². The van der Waals surface area contributed by atoms with Crippen molar-refractivity contribution in [1.82, 2.24) is 9.78 Å². The van der Waals surface area contributed by atoms with E-state index in [0.717, 1.165) is 5.56 Å². The van der Waals surface area contributed by atoms with Crippen LogP contribution in [0.4, 0.5) is 5.82 Å². The molecule has 5 nitrogen and oxygen atoms in total. The van der Waals surface area contributed by atoms with Gasteiger partial charge in [-0.05, 0) is 32.9 Å². The first kappa shape index (κ1) is 14.1. The molecular formula is C15H19N3O2. The molecule has 0 spiro atoms. The normalized spacial score (nSPS) is 10.6. The number of nitrogens with one attached hydrogen (secondary N) is 1. The van der Waals surface area contributed by atoms with Crippen LogP contribution in [0.2, 0.25) is 0 Å². The van der Waals surface area contributed by atoms with E-state index in [-0.39, 0.29) is 18.6 Å². The van der Waals surface area contributed by atoms with Crippen molar-refractivity contribution in [2.24, 2.45) is 0 Å². The summed E-state index contributed by atoms with van der Waals surface area (Å²) >= 11 is 0. The van der Waals surface area contributed by atoms with Gasteiger partial charge in [0.25, 0.3) is 5.91 Å². The Labute approximate surface area is 118 Å². The molecule has 2 aromatic rings. The molecule has 106 valence electrons. The number of aromatic nitrogens is 2. The molecule has 0 atom stereocenters. The Balaban J connectivity index is 1.89. The van der Waals surface area contributed by atoms with Crippen LogP contribution in [0, 0.1) is 6.92 Å². The summed E-state index contributed by atoms with van der Waals surface area (Å²) in [4.78, 5) is 11.8. The van der Waals surface area contributed by atoms with Crippen molar-refractivity contribution in [1.29, 1.82) is 0 Å². The molecule has 0 radical (unpaired) electrons. The fourth-order valence-corrected chi connectivity index (χ4v) is 1.79. The minimum absolute atomic E-state index is 0.0215. The first-order chi connectivity index (χ1) is 9.56. The van der Waals surface area contributed by atoms with Gasteiger partial charge in [-0.15, -0.1) is 0 Å². The van der Waals surface area contributed by atoms with Crippen LogP contribution < -0.4 is 10.1 Å². The molecule has 1 aromatic heterocycles. The summed E-state index contributed by atoms with van der Waals surface area (Å²) < 4.78 is 7.18. The Kier molecular flexibility index (Phi) is 4.40. The van der Waals surface area contributed by atoms with E-state index in [0.29, 0.717) is 11.6 Å². The van der Waals surface area contributed by atoms with E-state index in [2.05, 4.69) is 10.4 Å². The molecule has 2 rings (SSSR count). The average molecular weight is 273 g/mol. The molecule has 0 aliphatic rings. The summed E-state index contributed by atoms with van der Waals surface area (Å²) in [5, 5.41) is 6.95. The molecule has 1 N–H and O–H groups in total. The summed E-state index contributed by atoms with van der Waals surface area (Å²) in [5.74, 6) is 1.16. The van der Waals surface area contributed by atoms with Crippen molar-refractivity contribution in [3.63, 3.8) is 0 Å². The minimum Gasteiger partial charge on any atom is -0.484 e. The second-order valence-electron chi connectivity index (χ2n) is 4.90. The molecular weight excluding hydrogens is 254 g/mol. The third kappa shape index (κ3) is 3.60. The van der Waals surface area contributed by atoms with E-state index in [9.17, 15) is 4.79 Å². The van der Waals surface area contributed by atoms with Crippen molar-refractivity contribution in [2.75, 3.05) is 11.9 Å². The molecule has 1 heterocycles. The summed E-state index contributed by atoms with van der Waals surface area (Å²) in [7, 11) is 0. The predicted molar refractivity (Wildman–Crippen MR) is 77.9 cm³/mol. The first-order valence-corrected chi connectivity index (χ1v) is 6.59. The van der Waals surface area contributed by atoms with Gasteiger partial charge in [-0.3, -0.25) is 4.79 Å². The number of hydrogen-bond acceptors (Lipinski definition) is 3. The number of carbonyl (C=O) groups excluding carboxylic acids is 1. The van der Waals surface area contributed by atoms with Gasteiger partial charge in [0.1, 0.15) is 11.6 Å². The van der Waals surface area contributed by atoms with Crippen molar-refractivity contribution in [3.8, 4) is 5.75 Å². The quantitative estimate of drug-likeness (QED) is 0.911. The second kappa shape index (κ2) is 6.23. The highest BCUT2D eigenvalue weighted by Gasteiger charge is 2.09. The van der Waals surface area contributed by atoms with Crippen LogP contribution in [-0.2, 0) is 4.79 Å². The van der Waals surface area contributed by atoms with Gasteiger partial charge < -0.3 is 10.1 Å². The van der Waals surface area contributed by atoms with Crippen molar-refractivity contribution >= 4 is 11.7 Å². The van der Waals surface area contributed by atoms with Crippen LogP contribution in [-0.4, -0.2) is 22.3 Å². The maximum Gasteiger partial charge on any atom is 0.263 e. The summed E-state index contributed by atoms with van der Waals surface area (Å²) in [5.41, 5.74) is 1.16. The Morgan fingerprint density at radius 2 is 2.00 bits per heavy atom. The zero-order valence-corrected chi connectivity index (χ0v) is 12.0. The van der Waals surface area contributed by atoms with Crippen LogP contribution >= 0.6 is 0 Å². The van der Waals surface area contributed by atoms with E-state index < -0.39 is 0 Å². The molecule has 0 aliphatic carbocycles. The van der Waals surface area contributed by atoms with Crippen LogP contribution in [0.3, 0.4) is 0 Å². The Morgan fingerprint density at radius 3 is 2.65 bits per heavy atom. The maximum absolute atomic E-state index is 11.8. The van der Waals surface area contributed by atoms with E-state index in [1.807, 2.05) is 45.0 Å². The fraction of sp³-hybridized carbons (Fsp3) is 0.333. The first-order valence-electron chi connectivity index (χ1n) is 6.59. The van der Waals surface area contributed by atoms with Gasteiger partial charge in [0, 0.05) is 12.1 Å². The van der Waals surface area contributed by atoms with Gasteiger partial charge in [0.2, 0.25) is 0 Å². The van der Waals surface area contributed by atoms with Gasteiger partial charge in [0.15, 0.2) is 6.61 Å². The monoisotopic (exact) mass is 273 g/mol. The zero-order chi connectivity index (χ0) is 14.5. The number of ether oxygens (including phenoxy) is 1. The fourth-order valence-electron chi connectivity index (χ4n) is 1.79. The van der Waals surface area contributed by atoms with Crippen LogP contribution in [0.1, 0.15) is 25.5 Å². The molecule has 1 amide bonds. The number of amides is 1. The Hall–Kier alpha value is -2.30. The highest BCUT2D eigenvalue weighted by Crippen LogP contribution is 2.14. The largest absolute Gasteiger partial charge is 0.484 e. The lowest BCUT2D eigenvalue weighted by molar-refractivity contribution is -0.118. The van der Waals surface area contributed by atoms with E-state index in [1.54, 1.807) is 16.9 Å². The van der Waals surface area contributed by atoms with Crippen LogP contribution in [0.5, 0.6) is 5.75 Å². The molecule has 0 saturated carbocycles. The van der Waals surface area contributed by atoms with Crippen LogP contribution in [0.25, 0.3) is 0 Å². The highest BCUT2D eigenvalue weighted by molar-refractivity contribution is 5.91. The van der Waals surface area contributed by atoms with E-state index in [1.165, 1.54) is 0 Å². The SMILES string of the molecule is Cc1ccc(OCC(=O)Nc2ccnn2C(C)C)cc1. The van der Waals surface area contributed by atoms with Gasteiger partial charge in [0.05, 0.1) is 6.20 Å². The average Bonchev–Trinajstić information content (AvgIpc) is 2.86. The lowest BCUT2D eigenvalue weighted by Gasteiger charge is -2.12. The lowest BCUT2D eigenvalue weighted by Crippen LogP contribution is -2.22. The van der Waals surface area contributed by atoms with E-state index in [4.69, 9.17) is 4.74 Å². The lowest BCUT2D eigenvalue weighted by atomic mass is 10.2. The van der Waals surface area contributed by atoms with Gasteiger partial charge in [-0.25, -0.2) is 4.68 Å². The third-order valence-corrected chi connectivity index (χ3v) is 2.82. The summed E-state index contributed by atoms with van der Waals surface area (Å²) in [6.07, 6.45) is 1.66. The van der Waals surface area contributed by atoms with Crippen LogP contribution in [0.15, 0.2) is 36.5 Å². The topological polar surface area (TPSA) is 56.1 Å². The number of aryl methyl sites for hydroxylation is 1. The predicted octanol–water partition coefficient (Wildman–Crippen LogP) is 2.79. The highest BCUT2D eigenvalue weighted by atomic mass is 16.5. The van der Waals surface area contributed by atoms with Crippen molar-refractivity contribution in [3.05, 3.63) is 42.1 Å². The molecule has 0 aliphatic heterocycles. The summed E-state index contributed by atoms with van der Waals surface area (Å²) in [6.45, 7) is 5.99. The number of nitrogens with zero attached hydrogens (tertiary/aromatic N) is 2. The Morgan fingerprint density at radius 1 is 1.30 bits per heavy atom. The number of benzene rings is 1.